The van der Waals surface area contributed by atoms with Crippen molar-refractivity contribution in [3.63, 3.8) is 0 Å². The minimum atomic E-state index is -1.58. The van der Waals surface area contributed by atoms with E-state index in [1.807, 2.05) is 19.1 Å². The van der Waals surface area contributed by atoms with Gasteiger partial charge in [-0.15, -0.1) is 0 Å². The van der Waals surface area contributed by atoms with Crippen LogP contribution >= 0.6 is 0 Å². The van der Waals surface area contributed by atoms with Gasteiger partial charge in [0.15, 0.2) is 6.29 Å². The number of nitrogens with one attached hydrogen (secondary N) is 1. The molecule has 1 amide bonds. The molecule has 0 radical (unpaired) electrons. The molecule has 1 fully saturated rings. The van der Waals surface area contributed by atoms with Crippen molar-refractivity contribution in [3.8, 4) is 0 Å². The van der Waals surface area contributed by atoms with E-state index in [9.17, 15) is 35.1 Å². The zero-order valence-electron chi connectivity index (χ0n) is 52.0. The van der Waals surface area contributed by atoms with Gasteiger partial charge in [0, 0.05) is 12.8 Å². The minimum absolute atomic E-state index is 0.00578. The number of hydrogen-bond donors (Lipinski definition) is 6. The van der Waals surface area contributed by atoms with Crippen LogP contribution in [0.25, 0.3) is 0 Å². The van der Waals surface area contributed by atoms with Gasteiger partial charge in [-0.2, -0.15) is 0 Å². The third kappa shape index (κ3) is 48.1. The van der Waals surface area contributed by atoms with Gasteiger partial charge in [-0.25, -0.2) is 0 Å². The Hall–Kier alpha value is -2.90. The van der Waals surface area contributed by atoms with Gasteiger partial charge in [-0.1, -0.05) is 247 Å². The van der Waals surface area contributed by atoms with Crippen molar-refractivity contribution < 1.29 is 49.3 Å². The number of carbonyl (C=O) groups is 2. The third-order valence-corrected chi connectivity index (χ3v) is 15.6. The largest absolute Gasteiger partial charge is 0.466 e. The molecule has 7 atom stereocenters. The fourth-order valence-corrected chi connectivity index (χ4v) is 10.3. The smallest absolute Gasteiger partial charge is 0.305 e. The first kappa shape index (κ1) is 76.1. The number of carbonyl (C=O) groups excluding carboxylic acids is 2. The second-order valence-electron chi connectivity index (χ2n) is 23.2. The van der Waals surface area contributed by atoms with Crippen LogP contribution in [-0.4, -0.2) is 100 Å². The first-order valence-corrected chi connectivity index (χ1v) is 33.7. The molecule has 1 aliphatic rings. The highest BCUT2D eigenvalue weighted by Gasteiger charge is 2.44. The molecule has 1 rings (SSSR count). The summed E-state index contributed by atoms with van der Waals surface area (Å²) in [6.45, 7) is 4.08. The van der Waals surface area contributed by atoms with Crippen LogP contribution in [0.4, 0.5) is 0 Å². The Morgan fingerprint density at radius 2 is 0.889 bits per heavy atom. The predicted octanol–water partition coefficient (Wildman–Crippen LogP) is 16.7. The number of aliphatic hydroxyl groups is 5. The van der Waals surface area contributed by atoms with E-state index in [1.165, 1.54) is 199 Å². The average molecular weight is 1140 g/mol. The van der Waals surface area contributed by atoms with Crippen molar-refractivity contribution in [1.29, 1.82) is 0 Å². The maximum absolute atomic E-state index is 13.0. The molecule has 6 N–H and O–H groups in total. The van der Waals surface area contributed by atoms with E-state index in [2.05, 4.69) is 66.9 Å². The molecule has 7 unspecified atom stereocenters. The molecule has 11 heteroatoms. The molecule has 0 aromatic carbocycles. The van der Waals surface area contributed by atoms with E-state index in [0.29, 0.717) is 19.4 Å². The Balaban J connectivity index is 1.95. The van der Waals surface area contributed by atoms with E-state index in [1.54, 1.807) is 6.08 Å². The van der Waals surface area contributed by atoms with Crippen LogP contribution in [0.3, 0.4) is 0 Å². The second kappa shape index (κ2) is 58.9. The van der Waals surface area contributed by atoms with Gasteiger partial charge in [-0.3, -0.25) is 9.59 Å². The van der Waals surface area contributed by atoms with Gasteiger partial charge in [0.05, 0.1) is 32.0 Å². The lowest BCUT2D eigenvalue weighted by Gasteiger charge is -2.40. The van der Waals surface area contributed by atoms with Crippen LogP contribution in [0.15, 0.2) is 72.9 Å². The van der Waals surface area contributed by atoms with Crippen molar-refractivity contribution in [3.05, 3.63) is 72.9 Å². The number of rotatable bonds is 58. The number of hydrogen-bond acceptors (Lipinski definition) is 10. The van der Waals surface area contributed by atoms with Crippen LogP contribution in [0.2, 0.25) is 0 Å². The van der Waals surface area contributed by atoms with Gasteiger partial charge >= 0.3 is 5.97 Å². The molecular formula is C70H125NO10. The topological polar surface area (TPSA) is 175 Å². The Kier molecular flexibility index (Phi) is 55.3. The van der Waals surface area contributed by atoms with E-state index in [4.69, 9.17) is 14.2 Å². The second-order valence-corrected chi connectivity index (χ2v) is 23.2. The van der Waals surface area contributed by atoms with Crippen LogP contribution < -0.4 is 5.32 Å². The molecule has 1 heterocycles. The van der Waals surface area contributed by atoms with Crippen LogP contribution in [0.1, 0.15) is 296 Å². The molecule has 0 aromatic heterocycles. The Morgan fingerprint density at radius 1 is 0.481 bits per heavy atom. The fraction of sp³-hybridized carbons (Fsp3) is 0.800. The van der Waals surface area contributed by atoms with Crippen LogP contribution in [0, 0.1) is 0 Å². The highest BCUT2D eigenvalue weighted by molar-refractivity contribution is 5.76. The third-order valence-electron chi connectivity index (χ3n) is 15.6. The van der Waals surface area contributed by atoms with E-state index in [0.717, 1.165) is 70.6 Å². The van der Waals surface area contributed by atoms with Crippen LogP contribution in [-0.2, 0) is 23.8 Å². The Bertz CT molecular complexity index is 1580. The van der Waals surface area contributed by atoms with Crippen molar-refractivity contribution in [2.75, 3.05) is 19.8 Å². The summed E-state index contributed by atoms with van der Waals surface area (Å²) in [5, 5.41) is 54.2. The first-order chi connectivity index (χ1) is 39.7. The number of aliphatic hydroxyl groups excluding tert-OH is 5. The number of amides is 1. The lowest BCUT2D eigenvalue weighted by Crippen LogP contribution is -2.60. The molecule has 11 nitrogen and oxygen atoms in total. The van der Waals surface area contributed by atoms with E-state index >= 15 is 0 Å². The lowest BCUT2D eigenvalue weighted by molar-refractivity contribution is -0.302. The zero-order valence-corrected chi connectivity index (χ0v) is 52.0. The van der Waals surface area contributed by atoms with Crippen molar-refractivity contribution >= 4 is 11.9 Å². The fourth-order valence-electron chi connectivity index (χ4n) is 10.3. The van der Waals surface area contributed by atoms with Gasteiger partial charge < -0.3 is 45.1 Å². The SMILES string of the molecule is C/C=C/CC/C=C/CC/C=C/C(O)C(COC1OC(CO)C(O)C(O)C1O)NC(=O)CCCCCCCCCCCCCCC/C=C\C/C=C\CCCCCCCCCCCOC(=O)CCCCCCC/C=C\CCCCCCCC. The maximum atomic E-state index is 13.0. The highest BCUT2D eigenvalue weighted by atomic mass is 16.7. The Morgan fingerprint density at radius 3 is 1.37 bits per heavy atom. The highest BCUT2D eigenvalue weighted by Crippen LogP contribution is 2.23. The summed E-state index contributed by atoms with van der Waals surface area (Å²) >= 11 is 0. The number of ether oxygens (including phenoxy) is 3. The van der Waals surface area contributed by atoms with Crippen molar-refractivity contribution in [2.45, 2.75) is 339 Å². The van der Waals surface area contributed by atoms with Gasteiger partial charge in [0.2, 0.25) is 5.91 Å². The maximum Gasteiger partial charge on any atom is 0.305 e. The van der Waals surface area contributed by atoms with Gasteiger partial charge in [0.1, 0.15) is 24.4 Å². The van der Waals surface area contributed by atoms with Gasteiger partial charge in [-0.05, 0) is 110 Å². The summed E-state index contributed by atoms with van der Waals surface area (Å²) in [6, 6.07) is -0.835. The molecule has 470 valence electrons. The van der Waals surface area contributed by atoms with Gasteiger partial charge in [0.25, 0.3) is 0 Å². The monoisotopic (exact) mass is 1140 g/mol. The zero-order chi connectivity index (χ0) is 58.7. The van der Waals surface area contributed by atoms with Crippen LogP contribution in [0.5, 0.6) is 0 Å². The molecule has 81 heavy (non-hydrogen) atoms. The summed E-state index contributed by atoms with van der Waals surface area (Å²) in [5.74, 6) is -0.207. The normalized spacial score (nSPS) is 18.7. The molecule has 0 bridgehead atoms. The number of allylic oxidation sites excluding steroid dienone is 11. The molecule has 1 saturated heterocycles. The van der Waals surface area contributed by atoms with E-state index < -0.39 is 49.5 Å². The number of esters is 1. The van der Waals surface area contributed by atoms with E-state index in [-0.39, 0.29) is 18.5 Å². The molecule has 1 aliphatic heterocycles. The van der Waals surface area contributed by atoms with Crippen molar-refractivity contribution in [1.82, 2.24) is 5.32 Å². The quantitative estimate of drug-likeness (QED) is 0.0195. The number of unbranched alkanes of at least 4 members (excludes halogenated alkanes) is 35. The summed E-state index contributed by atoms with van der Waals surface area (Å²) in [4.78, 5) is 25.1. The first-order valence-electron chi connectivity index (χ1n) is 33.7. The molecular weight excluding hydrogens is 1010 g/mol. The minimum Gasteiger partial charge on any atom is -0.466 e. The Labute approximate surface area is 496 Å². The molecule has 0 aliphatic carbocycles. The lowest BCUT2D eigenvalue weighted by atomic mass is 9.99. The molecule has 0 aromatic rings. The molecule has 0 spiro atoms. The summed E-state index contributed by atoms with van der Waals surface area (Å²) in [6.07, 6.45) is 69.2. The van der Waals surface area contributed by atoms with Crippen molar-refractivity contribution in [2.24, 2.45) is 0 Å². The summed E-state index contributed by atoms with van der Waals surface area (Å²) in [7, 11) is 0. The standard InChI is InChI=1S/C70H125NO10/c1-3-5-7-9-11-13-14-15-31-35-38-42-46-50-54-58-66(75)79-59-55-51-47-43-39-36-33-30-28-26-24-22-20-18-16-17-19-21-23-25-27-29-32-34-37-41-45-49-53-57-65(74)71-62(63(73)56-52-48-44-40-12-10-8-6-4-2)61-80-70-69(78)68(77)67(76)64(60-72)81-70/h4,6,12,15-16,18,22,24,31,40,52,56,62-64,67-70,72-73,76-78H,3,5,7-11,13-14,17,19-21,23,25-30,32-39,41-51,53-55,57-61H2,1-2H3,(H,71,74)/b6-4+,18-16-,24-22-,31-15-,40-12+,56-52+. The average Bonchev–Trinajstić information content (AvgIpc) is 3.47. The molecule has 0 saturated carbocycles. The predicted molar refractivity (Wildman–Crippen MR) is 338 cm³/mol. The summed E-state index contributed by atoms with van der Waals surface area (Å²) in [5.41, 5.74) is 0. The summed E-state index contributed by atoms with van der Waals surface area (Å²) < 4.78 is 16.7.